The quantitative estimate of drug-likeness (QED) is 0.524. The van der Waals surface area contributed by atoms with Gasteiger partial charge < -0.3 is 9.47 Å². The number of rotatable bonds is 6. The highest BCUT2D eigenvalue weighted by atomic mass is 32.1. The minimum Gasteiger partial charge on any atom is -0.493 e. The second kappa shape index (κ2) is 6.90. The van der Waals surface area contributed by atoms with Gasteiger partial charge in [-0.15, -0.1) is 11.3 Å². The average molecular weight is 346 g/mol. The van der Waals surface area contributed by atoms with E-state index in [1.807, 2.05) is 23.6 Å². The Morgan fingerprint density at radius 1 is 1.25 bits per heavy atom. The molecule has 3 N–H and O–H groups in total. The smallest absolute Gasteiger partial charge is 0.272 e. The highest BCUT2D eigenvalue weighted by Gasteiger charge is 2.12. The Kier molecular flexibility index (Phi) is 4.68. The number of aryl methyl sites for hydroxylation is 1. The van der Waals surface area contributed by atoms with Crippen LogP contribution in [0.25, 0.3) is 10.2 Å². The standard InChI is InChI=1S/C16H18N4O3S/c1-22-12-4-3-10(9-13(12)23-2)5-7-20-15(21)14-11(6-8-24-14)18-16(20)19-17/h3-4,6,8-9H,5,7,17H2,1-2H3,(H,18,19). The molecular formula is C16H18N4O3S. The highest BCUT2D eigenvalue weighted by molar-refractivity contribution is 7.17. The molecule has 0 radical (unpaired) electrons. The van der Waals surface area contributed by atoms with Crippen molar-refractivity contribution in [3.8, 4) is 11.5 Å². The summed E-state index contributed by atoms with van der Waals surface area (Å²) in [4.78, 5) is 17.0. The third kappa shape index (κ3) is 2.93. The number of aromatic nitrogens is 2. The number of nitrogens with zero attached hydrogens (tertiary/aromatic N) is 2. The monoisotopic (exact) mass is 346 g/mol. The average Bonchev–Trinajstić information content (AvgIpc) is 3.09. The molecule has 0 bridgehead atoms. The fraction of sp³-hybridized carbons (Fsp3) is 0.250. The van der Waals surface area contributed by atoms with E-state index in [4.69, 9.17) is 15.3 Å². The molecular weight excluding hydrogens is 328 g/mol. The molecule has 0 aliphatic carbocycles. The van der Waals surface area contributed by atoms with Crippen molar-refractivity contribution in [3.63, 3.8) is 0 Å². The Balaban J connectivity index is 1.90. The number of hydrogen-bond acceptors (Lipinski definition) is 7. The first-order chi connectivity index (χ1) is 11.7. The summed E-state index contributed by atoms with van der Waals surface area (Å²) in [5, 5.41) is 1.85. The molecule has 126 valence electrons. The number of ether oxygens (including phenoxy) is 2. The van der Waals surface area contributed by atoms with Crippen molar-refractivity contribution in [3.05, 3.63) is 45.6 Å². The molecule has 8 heteroatoms. The van der Waals surface area contributed by atoms with Crippen LogP contribution in [0, 0.1) is 0 Å². The largest absolute Gasteiger partial charge is 0.493 e. The van der Waals surface area contributed by atoms with E-state index in [2.05, 4.69) is 10.4 Å². The molecule has 1 aromatic carbocycles. The van der Waals surface area contributed by atoms with E-state index in [9.17, 15) is 4.79 Å². The predicted molar refractivity (Wildman–Crippen MR) is 94.9 cm³/mol. The van der Waals surface area contributed by atoms with Crippen LogP contribution in [0.2, 0.25) is 0 Å². The van der Waals surface area contributed by atoms with Gasteiger partial charge in [0.15, 0.2) is 11.5 Å². The number of nitrogens with one attached hydrogen (secondary N) is 1. The van der Waals surface area contributed by atoms with Gasteiger partial charge in [0.1, 0.15) is 4.70 Å². The minimum atomic E-state index is -0.0940. The van der Waals surface area contributed by atoms with Gasteiger partial charge in [-0.2, -0.15) is 0 Å². The normalized spacial score (nSPS) is 10.8. The van der Waals surface area contributed by atoms with Crippen LogP contribution >= 0.6 is 11.3 Å². The maximum Gasteiger partial charge on any atom is 0.272 e. The predicted octanol–water partition coefficient (Wildman–Crippen LogP) is 2.00. The van der Waals surface area contributed by atoms with Gasteiger partial charge in [0.05, 0.1) is 19.7 Å². The van der Waals surface area contributed by atoms with Gasteiger partial charge in [-0.25, -0.2) is 10.8 Å². The number of anilines is 1. The molecule has 7 nitrogen and oxygen atoms in total. The lowest BCUT2D eigenvalue weighted by Crippen LogP contribution is -2.27. The van der Waals surface area contributed by atoms with Crippen molar-refractivity contribution in [1.82, 2.24) is 9.55 Å². The molecule has 2 aromatic heterocycles. The number of nitrogen functional groups attached to an aromatic ring is 1. The molecule has 2 heterocycles. The van der Waals surface area contributed by atoms with Crippen molar-refractivity contribution in [2.24, 2.45) is 5.84 Å². The zero-order valence-corrected chi connectivity index (χ0v) is 14.2. The van der Waals surface area contributed by atoms with Crippen LogP contribution in [0.3, 0.4) is 0 Å². The molecule has 3 rings (SSSR count). The van der Waals surface area contributed by atoms with Gasteiger partial charge in [-0.3, -0.25) is 14.8 Å². The number of thiophene rings is 1. The number of fused-ring (bicyclic) bond motifs is 1. The van der Waals surface area contributed by atoms with E-state index in [0.29, 0.717) is 40.6 Å². The Morgan fingerprint density at radius 3 is 2.75 bits per heavy atom. The molecule has 0 fully saturated rings. The zero-order valence-electron chi connectivity index (χ0n) is 13.4. The molecule has 0 spiro atoms. The Bertz CT molecular complexity index is 919. The lowest BCUT2D eigenvalue weighted by atomic mass is 10.1. The summed E-state index contributed by atoms with van der Waals surface area (Å²) in [6, 6.07) is 7.50. The summed E-state index contributed by atoms with van der Waals surface area (Å²) in [7, 11) is 3.19. The van der Waals surface area contributed by atoms with Crippen LogP contribution in [0.4, 0.5) is 5.95 Å². The van der Waals surface area contributed by atoms with E-state index >= 15 is 0 Å². The van der Waals surface area contributed by atoms with Gasteiger partial charge in [0.25, 0.3) is 5.56 Å². The molecule has 0 saturated carbocycles. The third-order valence-corrected chi connectivity index (χ3v) is 4.66. The van der Waals surface area contributed by atoms with Crippen molar-refractivity contribution in [2.45, 2.75) is 13.0 Å². The van der Waals surface area contributed by atoms with Crippen molar-refractivity contribution >= 4 is 27.5 Å². The van der Waals surface area contributed by atoms with Crippen LogP contribution in [0.15, 0.2) is 34.4 Å². The summed E-state index contributed by atoms with van der Waals surface area (Å²) in [6.07, 6.45) is 0.632. The maximum absolute atomic E-state index is 12.6. The molecule has 0 amide bonds. The van der Waals surface area contributed by atoms with Gasteiger partial charge in [0, 0.05) is 6.54 Å². The number of methoxy groups -OCH3 is 2. The summed E-state index contributed by atoms with van der Waals surface area (Å²) < 4.78 is 12.7. The van der Waals surface area contributed by atoms with E-state index in [0.717, 1.165) is 5.56 Å². The van der Waals surface area contributed by atoms with Crippen molar-refractivity contribution < 1.29 is 9.47 Å². The summed E-state index contributed by atoms with van der Waals surface area (Å²) >= 11 is 1.38. The molecule has 0 saturated heterocycles. The number of nitrogens with two attached hydrogens (primary N) is 1. The lowest BCUT2D eigenvalue weighted by Gasteiger charge is -2.13. The summed E-state index contributed by atoms with van der Waals surface area (Å²) in [6.45, 7) is 0.453. The van der Waals surface area contributed by atoms with Crippen LogP contribution in [0.1, 0.15) is 5.56 Å². The van der Waals surface area contributed by atoms with Gasteiger partial charge in [0.2, 0.25) is 5.95 Å². The second-order valence-corrected chi connectivity index (χ2v) is 6.03. The second-order valence-electron chi connectivity index (χ2n) is 5.11. The van der Waals surface area contributed by atoms with Crippen LogP contribution < -0.4 is 26.3 Å². The van der Waals surface area contributed by atoms with Gasteiger partial charge >= 0.3 is 0 Å². The lowest BCUT2D eigenvalue weighted by molar-refractivity contribution is 0.354. The first-order valence-corrected chi connectivity index (χ1v) is 8.21. The zero-order chi connectivity index (χ0) is 17.1. The van der Waals surface area contributed by atoms with Crippen LogP contribution in [-0.4, -0.2) is 23.8 Å². The third-order valence-electron chi connectivity index (χ3n) is 3.77. The Morgan fingerprint density at radius 2 is 2.04 bits per heavy atom. The number of hydrazine groups is 1. The molecule has 24 heavy (non-hydrogen) atoms. The van der Waals surface area contributed by atoms with E-state index in [1.165, 1.54) is 11.3 Å². The Hall–Kier alpha value is -2.58. The van der Waals surface area contributed by atoms with Gasteiger partial charge in [-0.05, 0) is 35.6 Å². The van der Waals surface area contributed by atoms with E-state index in [1.54, 1.807) is 24.9 Å². The summed E-state index contributed by atoms with van der Waals surface area (Å²) in [5.74, 6) is 7.21. The molecule has 0 aliphatic heterocycles. The number of hydrogen-bond donors (Lipinski definition) is 2. The first kappa shape index (κ1) is 16.3. The van der Waals surface area contributed by atoms with Gasteiger partial charge in [-0.1, -0.05) is 6.07 Å². The summed E-state index contributed by atoms with van der Waals surface area (Å²) in [5.41, 5.74) is 4.09. The topological polar surface area (TPSA) is 91.4 Å². The van der Waals surface area contributed by atoms with E-state index in [-0.39, 0.29) is 5.56 Å². The molecule has 0 aliphatic rings. The highest BCUT2D eigenvalue weighted by Crippen LogP contribution is 2.28. The van der Waals surface area contributed by atoms with E-state index < -0.39 is 0 Å². The molecule has 3 aromatic rings. The fourth-order valence-electron chi connectivity index (χ4n) is 2.54. The van der Waals surface area contributed by atoms with Crippen LogP contribution in [-0.2, 0) is 13.0 Å². The number of benzene rings is 1. The molecule has 0 unspecified atom stereocenters. The maximum atomic E-state index is 12.6. The van der Waals surface area contributed by atoms with Crippen molar-refractivity contribution in [2.75, 3.05) is 19.6 Å². The molecule has 0 atom stereocenters. The Labute approximate surface area is 142 Å². The SMILES string of the molecule is COc1ccc(CCn2c(NN)nc3ccsc3c2=O)cc1OC. The van der Waals surface area contributed by atoms with Crippen molar-refractivity contribution in [1.29, 1.82) is 0 Å². The minimum absolute atomic E-state index is 0.0940. The first-order valence-electron chi connectivity index (χ1n) is 7.33. The fourth-order valence-corrected chi connectivity index (χ4v) is 3.32. The van der Waals surface area contributed by atoms with Crippen LogP contribution in [0.5, 0.6) is 11.5 Å².